The number of hydrogen-bond donors (Lipinski definition) is 0. The summed E-state index contributed by atoms with van der Waals surface area (Å²) in [5.74, 6) is 0.252. The maximum absolute atomic E-state index is 12.8. The number of likely N-dealkylation sites (tertiary alicyclic amines) is 1. The van der Waals surface area contributed by atoms with Gasteiger partial charge in [-0.1, -0.05) is 41.9 Å². The third-order valence-corrected chi connectivity index (χ3v) is 4.96. The molecule has 1 heterocycles. The number of piperidine rings is 1. The van der Waals surface area contributed by atoms with Crippen LogP contribution in [0.2, 0.25) is 5.02 Å². The molecule has 0 saturated carbocycles. The average Bonchev–Trinajstić information content (AvgIpc) is 2.61. The number of halogens is 1. The van der Waals surface area contributed by atoms with Crippen LogP contribution >= 0.6 is 11.6 Å². The first-order valence-electron chi connectivity index (χ1n) is 8.65. The molecule has 2 aromatic rings. The van der Waals surface area contributed by atoms with Crippen molar-refractivity contribution in [1.29, 1.82) is 0 Å². The number of nitrogens with zero attached hydrogens (tertiary/aromatic N) is 1. The molecule has 3 rings (SSSR count). The fourth-order valence-corrected chi connectivity index (χ4v) is 3.63. The molecule has 1 aliphatic rings. The number of ketones is 2. The van der Waals surface area contributed by atoms with Crippen LogP contribution in [0.1, 0.15) is 46.0 Å². The average molecular weight is 356 g/mol. The summed E-state index contributed by atoms with van der Waals surface area (Å²) in [7, 11) is 0. The summed E-state index contributed by atoms with van der Waals surface area (Å²) < 4.78 is 0. The number of hydrogen-bond acceptors (Lipinski definition) is 3. The van der Waals surface area contributed by atoms with E-state index in [4.69, 9.17) is 11.6 Å². The van der Waals surface area contributed by atoms with Gasteiger partial charge in [0.1, 0.15) is 0 Å². The highest BCUT2D eigenvalue weighted by Crippen LogP contribution is 2.24. The summed E-state index contributed by atoms with van der Waals surface area (Å²) in [4.78, 5) is 26.6. The van der Waals surface area contributed by atoms with E-state index >= 15 is 0 Å². The molecular formula is C21H22ClNO2. The fourth-order valence-electron chi connectivity index (χ4n) is 3.44. The number of Topliss-reactive ketones (excluding diaryl/α,β-unsaturated/α-hetero) is 2. The number of carbonyl (C=O) groups is 2. The monoisotopic (exact) mass is 355 g/mol. The van der Waals surface area contributed by atoms with Crippen molar-refractivity contribution in [3.05, 3.63) is 70.2 Å². The van der Waals surface area contributed by atoms with Gasteiger partial charge in [0.25, 0.3) is 0 Å². The van der Waals surface area contributed by atoms with Gasteiger partial charge in [0.2, 0.25) is 0 Å². The molecule has 1 saturated heterocycles. The van der Waals surface area contributed by atoms with Crippen molar-refractivity contribution in [3.8, 4) is 0 Å². The number of rotatable bonds is 5. The summed E-state index contributed by atoms with van der Waals surface area (Å²) >= 11 is 6.01. The quantitative estimate of drug-likeness (QED) is 0.733. The Balaban J connectivity index is 1.68. The SMILES string of the molecule is CC(=O)c1cccc(CN2CCCC(C(=O)c3cccc(Cl)c3)C2)c1. The number of benzene rings is 2. The Bertz CT molecular complexity index is 787. The van der Waals surface area contributed by atoms with Crippen molar-refractivity contribution < 1.29 is 9.59 Å². The van der Waals surface area contributed by atoms with Crippen LogP contribution in [0.5, 0.6) is 0 Å². The number of carbonyl (C=O) groups excluding carboxylic acids is 2. The third-order valence-electron chi connectivity index (χ3n) is 4.73. The Kier molecular flexibility index (Phi) is 5.67. The molecule has 4 heteroatoms. The Morgan fingerprint density at radius 1 is 1.12 bits per heavy atom. The smallest absolute Gasteiger partial charge is 0.167 e. The van der Waals surface area contributed by atoms with Gasteiger partial charge in [-0.05, 0) is 50.1 Å². The Morgan fingerprint density at radius 3 is 2.64 bits per heavy atom. The third kappa shape index (κ3) is 4.56. The van der Waals surface area contributed by atoms with Gasteiger partial charge in [0.15, 0.2) is 11.6 Å². The van der Waals surface area contributed by atoms with Gasteiger partial charge < -0.3 is 0 Å². The molecule has 25 heavy (non-hydrogen) atoms. The Hall–Kier alpha value is -1.97. The first-order chi connectivity index (χ1) is 12.0. The van der Waals surface area contributed by atoms with E-state index in [-0.39, 0.29) is 17.5 Å². The molecule has 0 bridgehead atoms. The van der Waals surface area contributed by atoms with Gasteiger partial charge in [0, 0.05) is 35.2 Å². The van der Waals surface area contributed by atoms with Crippen molar-refractivity contribution in [2.24, 2.45) is 5.92 Å². The molecule has 130 valence electrons. The largest absolute Gasteiger partial charge is 0.298 e. The van der Waals surface area contributed by atoms with Crippen LogP contribution in [0.25, 0.3) is 0 Å². The van der Waals surface area contributed by atoms with E-state index in [1.807, 2.05) is 36.4 Å². The van der Waals surface area contributed by atoms with Crippen LogP contribution in [-0.4, -0.2) is 29.6 Å². The Morgan fingerprint density at radius 2 is 1.88 bits per heavy atom. The minimum atomic E-state index is 0.00297. The van der Waals surface area contributed by atoms with E-state index in [2.05, 4.69) is 4.90 Å². The fraction of sp³-hybridized carbons (Fsp3) is 0.333. The molecule has 1 fully saturated rings. The summed E-state index contributed by atoms with van der Waals surface area (Å²) in [5.41, 5.74) is 2.54. The van der Waals surface area contributed by atoms with Gasteiger partial charge >= 0.3 is 0 Å². The molecule has 1 aliphatic heterocycles. The second kappa shape index (κ2) is 7.94. The zero-order valence-corrected chi connectivity index (χ0v) is 15.1. The van der Waals surface area contributed by atoms with Crippen molar-refractivity contribution in [2.75, 3.05) is 13.1 Å². The van der Waals surface area contributed by atoms with Gasteiger partial charge in [-0.2, -0.15) is 0 Å². The van der Waals surface area contributed by atoms with E-state index in [0.717, 1.165) is 43.6 Å². The predicted octanol–water partition coefficient (Wildman–Crippen LogP) is 4.64. The molecule has 0 spiro atoms. The lowest BCUT2D eigenvalue weighted by molar-refractivity contribution is 0.0811. The van der Waals surface area contributed by atoms with Crippen LogP contribution in [-0.2, 0) is 6.54 Å². The van der Waals surface area contributed by atoms with E-state index in [1.54, 1.807) is 19.1 Å². The summed E-state index contributed by atoms with van der Waals surface area (Å²) in [5, 5.41) is 0.597. The zero-order valence-electron chi connectivity index (χ0n) is 14.4. The minimum Gasteiger partial charge on any atom is -0.298 e. The topological polar surface area (TPSA) is 37.4 Å². The highest BCUT2D eigenvalue weighted by Gasteiger charge is 2.26. The minimum absolute atomic E-state index is 0.00297. The maximum atomic E-state index is 12.8. The second-order valence-corrected chi connectivity index (χ2v) is 7.14. The zero-order chi connectivity index (χ0) is 17.8. The van der Waals surface area contributed by atoms with E-state index < -0.39 is 0 Å². The van der Waals surface area contributed by atoms with E-state index in [0.29, 0.717) is 10.6 Å². The summed E-state index contributed by atoms with van der Waals surface area (Å²) in [6.45, 7) is 4.07. The molecule has 1 atom stereocenters. The summed E-state index contributed by atoms with van der Waals surface area (Å²) in [6, 6.07) is 14.9. The highest BCUT2D eigenvalue weighted by molar-refractivity contribution is 6.31. The van der Waals surface area contributed by atoms with Gasteiger partial charge in [-0.25, -0.2) is 0 Å². The van der Waals surface area contributed by atoms with Crippen molar-refractivity contribution in [1.82, 2.24) is 4.90 Å². The molecule has 0 amide bonds. The van der Waals surface area contributed by atoms with Crippen molar-refractivity contribution >= 4 is 23.2 Å². The lowest BCUT2D eigenvalue weighted by atomic mass is 9.90. The van der Waals surface area contributed by atoms with Gasteiger partial charge in [0.05, 0.1) is 0 Å². The first kappa shape index (κ1) is 17.8. The normalized spacial score (nSPS) is 18.1. The van der Waals surface area contributed by atoms with Crippen molar-refractivity contribution in [3.63, 3.8) is 0 Å². The van der Waals surface area contributed by atoms with Crippen LogP contribution in [0.3, 0.4) is 0 Å². The predicted molar refractivity (Wildman–Crippen MR) is 100 cm³/mol. The first-order valence-corrected chi connectivity index (χ1v) is 9.03. The van der Waals surface area contributed by atoms with Gasteiger partial charge in [-0.3, -0.25) is 14.5 Å². The summed E-state index contributed by atoms with van der Waals surface area (Å²) in [6.07, 6.45) is 1.92. The maximum Gasteiger partial charge on any atom is 0.167 e. The van der Waals surface area contributed by atoms with Crippen LogP contribution in [0.15, 0.2) is 48.5 Å². The molecule has 0 radical (unpaired) electrons. The second-order valence-electron chi connectivity index (χ2n) is 6.71. The molecule has 3 nitrogen and oxygen atoms in total. The van der Waals surface area contributed by atoms with Crippen molar-refractivity contribution in [2.45, 2.75) is 26.3 Å². The van der Waals surface area contributed by atoms with E-state index in [1.165, 1.54) is 0 Å². The Labute approximate surface area is 153 Å². The van der Waals surface area contributed by atoms with Crippen LogP contribution in [0.4, 0.5) is 0 Å². The van der Waals surface area contributed by atoms with Crippen LogP contribution < -0.4 is 0 Å². The molecule has 0 aromatic heterocycles. The molecular weight excluding hydrogens is 334 g/mol. The lowest BCUT2D eigenvalue weighted by Crippen LogP contribution is -2.38. The molecule has 2 aromatic carbocycles. The molecule has 0 aliphatic carbocycles. The van der Waals surface area contributed by atoms with E-state index in [9.17, 15) is 9.59 Å². The molecule has 0 N–H and O–H groups in total. The lowest BCUT2D eigenvalue weighted by Gasteiger charge is -2.32. The van der Waals surface area contributed by atoms with Crippen LogP contribution in [0, 0.1) is 5.92 Å². The molecule has 1 unspecified atom stereocenters. The highest BCUT2D eigenvalue weighted by atomic mass is 35.5. The van der Waals surface area contributed by atoms with Gasteiger partial charge in [-0.15, -0.1) is 0 Å². The standard InChI is InChI=1S/C21H22ClNO2/c1-15(24)17-6-2-5-16(11-17)13-23-10-4-8-19(14-23)21(25)18-7-3-9-20(22)12-18/h2-3,5-7,9,11-12,19H,4,8,10,13-14H2,1H3.